The molecule has 0 aromatic heterocycles. The standard InChI is InChI=1S/C19H24N2/c1-13(2)19-20(5)17-10-6-7-11-18(17)21(19)16-12-8-9-14(3)15(16)4/h6-13,19H,1-5H3. The predicted molar refractivity (Wildman–Crippen MR) is 91.5 cm³/mol. The topological polar surface area (TPSA) is 6.48 Å². The van der Waals surface area contributed by atoms with Crippen LogP contribution in [-0.4, -0.2) is 13.2 Å². The third kappa shape index (κ3) is 2.10. The van der Waals surface area contributed by atoms with Crippen LogP contribution in [0.5, 0.6) is 0 Å². The van der Waals surface area contributed by atoms with Crippen LogP contribution >= 0.6 is 0 Å². The van der Waals surface area contributed by atoms with E-state index in [4.69, 9.17) is 0 Å². The molecule has 3 rings (SSSR count). The third-order valence-corrected chi connectivity index (χ3v) is 4.61. The van der Waals surface area contributed by atoms with Gasteiger partial charge >= 0.3 is 0 Å². The van der Waals surface area contributed by atoms with Gasteiger partial charge in [-0.2, -0.15) is 0 Å². The van der Waals surface area contributed by atoms with Crippen molar-refractivity contribution >= 4 is 17.1 Å². The van der Waals surface area contributed by atoms with E-state index in [9.17, 15) is 0 Å². The minimum Gasteiger partial charge on any atom is -0.352 e. The van der Waals surface area contributed by atoms with E-state index in [0.29, 0.717) is 12.1 Å². The minimum atomic E-state index is 0.364. The van der Waals surface area contributed by atoms with Gasteiger partial charge in [-0.1, -0.05) is 38.1 Å². The van der Waals surface area contributed by atoms with Crippen molar-refractivity contribution in [2.75, 3.05) is 16.8 Å². The zero-order chi connectivity index (χ0) is 15.1. The van der Waals surface area contributed by atoms with Crippen molar-refractivity contribution < 1.29 is 0 Å². The molecule has 2 aromatic carbocycles. The highest BCUT2D eigenvalue weighted by Gasteiger charge is 2.36. The molecule has 2 heteroatoms. The monoisotopic (exact) mass is 280 g/mol. The van der Waals surface area contributed by atoms with Crippen molar-refractivity contribution in [2.24, 2.45) is 5.92 Å². The highest BCUT2D eigenvalue weighted by molar-refractivity contribution is 5.84. The predicted octanol–water partition coefficient (Wildman–Crippen LogP) is 4.87. The van der Waals surface area contributed by atoms with Crippen molar-refractivity contribution in [2.45, 2.75) is 33.9 Å². The van der Waals surface area contributed by atoms with Crippen molar-refractivity contribution in [3.05, 3.63) is 53.6 Å². The van der Waals surface area contributed by atoms with E-state index in [1.165, 1.54) is 28.2 Å². The second-order valence-electron chi connectivity index (χ2n) is 6.35. The van der Waals surface area contributed by atoms with E-state index in [0.717, 1.165) is 0 Å². The molecule has 0 aliphatic carbocycles. The lowest BCUT2D eigenvalue weighted by molar-refractivity contribution is 0.494. The lowest BCUT2D eigenvalue weighted by atomic mass is 10.0. The van der Waals surface area contributed by atoms with Gasteiger partial charge in [0.05, 0.1) is 11.4 Å². The van der Waals surface area contributed by atoms with Gasteiger partial charge in [0.2, 0.25) is 0 Å². The van der Waals surface area contributed by atoms with Gasteiger partial charge in [0.25, 0.3) is 0 Å². The van der Waals surface area contributed by atoms with Crippen LogP contribution in [0, 0.1) is 19.8 Å². The van der Waals surface area contributed by atoms with Gasteiger partial charge in [0, 0.05) is 12.7 Å². The summed E-state index contributed by atoms with van der Waals surface area (Å²) in [6, 6.07) is 15.3. The molecule has 0 spiro atoms. The number of anilines is 3. The number of hydrogen-bond acceptors (Lipinski definition) is 2. The molecular formula is C19H24N2. The Hall–Kier alpha value is -1.96. The maximum absolute atomic E-state index is 2.50. The van der Waals surface area contributed by atoms with Crippen molar-refractivity contribution in [3.63, 3.8) is 0 Å². The summed E-state index contributed by atoms with van der Waals surface area (Å²) >= 11 is 0. The molecule has 1 heterocycles. The molecule has 0 saturated heterocycles. The Kier molecular flexibility index (Phi) is 3.40. The number of hydrogen-bond donors (Lipinski definition) is 0. The van der Waals surface area contributed by atoms with Gasteiger partial charge in [0.15, 0.2) is 0 Å². The first-order valence-electron chi connectivity index (χ1n) is 7.69. The summed E-state index contributed by atoms with van der Waals surface area (Å²) in [5.74, 6) is 0.544. The van der Waals surface area contributed by atoms with Gasteiger partial charge in [0.1, 0.15) is 6.17 Å². The normalized spacial score (nSPS) is 17.5. The van der Waals surface area contributed by atoms with Gasteiger partial charge in [-0.15, -0.1) is 0 Å². The van der Waals surface area contributed by atoms with Gasteiger partial charge in [-0.25, -0.2) is 0 Å². The van der Waals surface area contributed by atoms with Crippen LogP contribution in [0.4, 0.5) is 17.1 Å². The third-order valence-electron chi connectivity index (χ3n) is 4.61. The lowest BCUT2D eigenvalue weighted by Gasteiger charge is -2.35. The SMILES string of the molecule is Cc1cccc(N2c3ccccc3N(C)C2C(C)C)c1C. The quantitative estimate of drug-likeness (QED) is 0.774. The molecule has 0 amide bonds. The van der Waals surface area contributed by atoms with Gasteiger partial charge in [-0.3, -0.25) is 0 Å². The fourth-order valence-electron chi connectivity index (χ4n) is 3.44. The Morgan fingerprint density at radius 1 is 0.857 bits per heavy atom. The summed E-state index contributed by atoms with van der Waals surface area (Å²) in [6.07, 6.45) is 0.364. The van der Waals surface area contributed by atoms with E-state index in [1.807, 2.05) is 0 Å². The molecule has 1 unspecified atom stereocenters. The molecule has 110 valence electrons. The van der Waals surface area contributed by atoms with Gasteiger partial charge < -0.3 is 9.80 Å². The van der Waals surface area contributed by atoms with Crippen molar-refractivity contribution in [3.8, 4) is 0 Å². The molecule has 1 atom stereocenters. The summed E-state index contributed by atoms with van der Waals surface area (Å²) in [7, 11) is 2.20. The minimum absolute atomic E-state index is 0.364. The van der Waals surface area contributed by atoms with Crippen LogP contribution in [0.2, 0.25) is 0 Å². The lowest BCUT2D eigenvalue weighted by Crippen LogP contribution is -2.43. The molecular weight excluding hydrogens is 256 g/mol. The first kappa shape index (κ1) is 14.0. The fraction of sp³-hybridized carbons (Fsp3) is 0.368. The Morgan fingerprint density at radius 3 is 2.14 bits per heavy atom. The maximum Gasteiger partial charge on any atom is 0.108 e. The highest BCUT2D eigenvalue weighted by Crippen LogP contribution is 2.46. The zero-order valence-corrected chi connectivity index (χ0v) is 13.6. The number of fused-ring (bicyclic) bond motifs is 1. The van der Waals surface area contributed by atoms with Crippen LogP contribution in [0.15, 0.2) is 42.5 Å². The summed E-state index contributed by atoms with van der Waals surface area (Å²) < 4.78 is 0. The van der Waals surface area contributed by atoms with Crippen molar-refractivity contribution in [1.82, 2.24) is 0 Å². The van der Waals surface area contributed by atoms with Crippen molar-refractivity contribution in [1.29, 1.82) is 0 Å². The number of benzene rings is 2. The fourth-order valence-corrected chi connectivity index (χ4v) is 3.44. The highest BCUT2D eigenvalue weighted by atomic mass is 15.4. The Bertz CT molecular complexity index is 660. The molecule has 0 radical (unpaired) electrons. The molecule has 1 aliphatic heterocycles. The second-order valence-corrected chi connectivity index (χ2v) is 6.35. The Labute approximate surface area is 128 Å². The maximum atomic E-state index is 2.50. The largest absolute Gasteiger partial charge is 0.352 e. The molecule has 2 aromatic rings. The second kappa shape index (κ2) is 5.10. The van der Waals surface area contributed by atoms with E-state index >= 15 is 0 Å². The van der Waals surface area contributed by atoms with Gasteiger partial charge in [-0.05, 0) is 49.1 Å². The number of para-hydroxylation sites is 2. The number of aryl methyl sites for hydroxylation is 1. The van der Waals surface area contributed by atoms with Crippen LogP contribution < -0.4 is 9.80 Å². The summed E-state index contributed by atoms with van der Waals surface area (Å²) in [6.45, 7) is 9.01. The first-order valence-corrected chi connectivity index (χ1v) is 7.69. The van der Waals surface area contributed by atoms with Crippen LogP contribution in [-0.2, 0) is 0 Å². The first-order chi connectivity index (χ1) is 10.0. The average molecular weight is 280 g/mol. The number of nitrogens with zero attached hydrogens (tertiary/aromatic N) is 2. The average Bonchev–Trinajstić information content (AvgIpc) is 2.76. The van der Waals surface area contributed by atoms with Crippen LogP contribution in [0.3, 0.4) is 0 Å². The molecule has 0 saturated carbocycles. The van der Waals surface area contributed by atoms with Crippen LogP contribution in [0.25, 0.3) is 0 Å². The Balaban J connectivity index is 2.20. The molecule has 0 bridgehead atoms. The molecule has 0 fully saturated rings. The summed E-state index contributed by atoms with van der Waals surface area (Å²) in [4.78, 5) is 4.91. The zero-order valence-electron chi connectivity index (χ0n) is 13.6. The smallest absolute Gasteiger partial charge is 0.108 e. The van der Waals surface area contributed by atoms with E-state index < -0.39 is 0 Å². The number of rotatable bonds is 2. The molecule has 0 N–H and O–H groups in total. The van der Waals surface area contributed by atoms with E-state index in [1.54, 1.807) is 0 Å². The Morgan fingerprint density at radius 2 is 1.48 bits per heavy atom. The van der Waals surface area contributed by atoms with E-state index in [-0.39, 0.29) is 0 Å². The van der Waals surface area contributed by atoms with E-state index in [2.05, 4.69) is 87.0 Å². The van der Waals surface area contributed by atoms with Crippen LogP contribution in [0.1, 0.15) is 25.0 Å². The molecule has 2 nitrogen and oxygen atoms in total. The molecule has 21 heavy (non-hydrogen) atoms. The summed E-state index contributed by atoms with van der Waals surface area (Å²) in [5, 5.41) is 0. The molecule has 1 aliphatic rings. The summed E-state index contributed by atoms with van der Waals surface area (Å²) in [5.41, 5.74) is 6.67.